The van der Waals surface area contributed by atoms with E-state index >= 15 is 0 Å². The van der Waals surface area contributed by atoms with Crippen LogP contribution in [-0.4, -0.2) is 29.8 Å². The van der Waals surface area contributed by atoms with E-state index in [4.69, 9.17) is 0 Å². The van der Waals surface area contributed by atoms with Gasteiger partial charge in [0.15, 0.2) is 0 Å². The Kier molecular flexibility index (Phi) is 6.76. The maximum Gasteiger partial charge on any atom is 0.242 e. The number of rotatable bonds is 6. The second-order valence-corrected chi connectivity index (χ2v) is 7.02. The van der Waals surface area contributed by atoms with E-state index in [9.17, 15) is 9.59 Å². The van der Waals surface area contributed by atoms with Crippen LogP contribution < -0.4 is 5.32 Å². The molecular formula is C20H23BrN2O2. The Labute approximate surface area is 157 Å². The lowest BCUT2D eigenvalue weighted by molar-refractivity contribution is -0.139. The van der Waals surface area contributed by atoms with Crippen molar-refractivity contribution in [2.45, 2.75) is 32.9 Å². The second kappa shape index (κ2) is 8.81. The third kappa shape index (κ3) is 5.43. The number of carbonyl (C=O) groups is 2. The number of carbonyl (C=O) groups excluding carboxylic acids is 2. The number of halogens is 1. The minimum absolute atomic E-state index is 0.0668. The first-order valence-corrected chi connectivity index (χ1v) is 9.01. The van der Waals surface area contributed by atoms with E-state index in [-0.39, 0.29) is 18.2 Å². The summed E-state index contributed by atoms with van der Waals surface area (Å²) in [5.74, 6) is -0.239. The van der Waals surface area contributed by atoms with Crippen molar-refractivity contribution in [1.29, 1.82) is 0 Å². The zero-order valence-corrected chi connectivity index (χ0v) is 16.3. The largest absolute Gasteiger partial charge is 0.357 e. The Morgan fingerprint density at radius 1 is 1.04 bits per heavy atom. The zero-order chi connectivity index (χ0) is 18.4. The number of benzene rings is 2. The van der Waals surface area contributed by atoms with E-state index in [1.165, 1.54) is 0 Å². The van der Waals surface area contributed by atoms with Gasteiger partial charge in [0, 0.05) is 18.1 Å². The summed E-state index contributed by atoms with van der Waals surface area (Å²) >= 11 is 3.41. The van der Waals surface area contributed by atoms with Crippen LogP contribution in [0, 0.1) is 6.92 Å². The molecule has 2 rings (SSSR count). The summed E-state index contributed by atoms with van der Waals surface area (Å²) in [7, 11) is 1.58. The van der Waals surface area contributed by atoms with Crippen LogP contribution in [-0.2, 0) is 22.6 Å². The SMILES string of the molecule is CNC(=O)C(C)N(Cc1ccc(Br)cc1)C(=O)Cc1ccc(C)cc1. The molecule has 0 saturated heterocycles. The van der Waals surface area contributed by atoms with Gasteiger partial charge in [-0.25, -0.2) is 0 Å². The number of hydrogen-bond donors (Lipinski definition) is 1. The molecule has 2 aromatic rings. The van der Waals surface area contributed by atoms with E-state index in [2.05, 4.69) is 21.2 Å². The van der Waals surface area contributed by atoms with Gasteiger partial charge in [-0.1, -0.05) is 57.9 Å². The van der Waals surface area contributed by atoms with Crippen molar-refractivity contribution in [3.63, 3.8) is 0 Å². The summed E-state index contributed by atoms with van der Waals surface area (Å²) in [5.41, 5.74) is 3.08. The molecule has 132 valence electrons. The molecule has 0 bridgehead atoms. The fourth-order valence-corrected chi connectivity index (χ4v) is 2.82. The monoisotopic (exact) mass is 402 g/mol. The Morgan fingerprint density at radius 3 is 2.16 bits per heavy atom. The van der Waals surface area contributed by atoms with Crippen LogP contribution in [0.3, 0.4) is 0 Å². The van der Waals surface area contributed by atoms with E-state index in [0.717, 1.165) is 21.2 Å². The smallest absolute Gasteiger partial charge is 0.242 e. The zero-order valence-electron chi connectivity index (χ0n) is 14.8. The summed E-state index contributed by atoms with van der Waals surface area (Å²) in [5, 5.41) is 2.63. The summed E-state index contributed by atoms with van der Waals surface area (Å²) in [6, 6.07) is 15.1. The topological polar surface area (TPSA) is 49.4 Å². The molecule has 4 nitrogen and oxygen atoms in total. The molecule has 2 aromatic carbocycles. The van der Waals surface area contributed by atoms with Gasteiger partial charge in [-0.2, -0.15) is 0 Å². The third-order valence-electron chi connectivity index (χ3n) is 4.16. The predicted octanol–water partition coefficient (Wildman–Crippen LogP) is 3.46. The molecule has 2 amide bonds. The maximum atomic E-state index is 12.9. The highest BCUT2D eigenvalue weighted by molar-refractivity contribution is 9.10. The van der Waals surface area contributed by atoms with Gasteiger partial charge in [0.2, 0.25) is 11.8 Å². The number of hydrogen-bond acceptors (Lipinski definition) is 2. The Morgan fingerprint density at radius 2 is 1.60 bits per heavy atom. The van der Waals surface area contributed by atoms with Gasteiger partial charge in [-0.3, -0.25) is 9.59 Å². The molecule has 1 unspecified atom stereocenters. The first-order valence-electron chi connectivity index (χ1n) is 8.21. The highest BCUT2D eigenvalue weighted by Crippen LogP contribution is 2.15. The molecule has 0 aliphatic carbocycles. The first-order chi connectivity index (χ1) is 11.9. The average molecular weight is 403 g/mol. The van der Waals surface area contributed by atoms with Gasteiger partial charge >= 0.3 is 0 Å². The molecule has 0 saturated carbocycles. The van der Waals surface area contributed by atoms with Crippen LogP contribution in [0.2, 0.25) is 0 Å². The van der Waals surface area contributed by atoms with Gasteiger partial charge < -0.3 is 10.2 Å². The molecular weight excluding hydrogens is 380 g/mol. The van der Waals surface area contributed by atoms with Gasteiger partial charge in [-0.15, -0.1) is 0 Å². The minimum atomic E-state index is -0.536. The van der Waals surface area contributed by atoms with Gasteiger partial charge in [0.25, 0.3) is 0 Å². The van der Waals surface area contributed by atoms with Crippen molar-refractivity contribution >= 4 is 27.7 Å². The van der Waals surface area contributed by atoms with Crippen LogP contribution in [0.5, 0.6) is 0 Å². The molecule has 0 aliphatic heterocycles. The molecule has 1 atom stereocenters. The second-order valence-electron chi connectivity index (χ2n) is 6.10. The highest BCUT2D eigenvalue weighted by atomic mass is 79.9. The number of amides is 2. The third-order valence-corrected chi connectivity index (χ3v) is 4.68. The Hall–Kier alpha value is -2.14. The lowest BCUT2D eigenvalue weighted by Gasteiger charge is -2.28. The molecule has 1 N–H and O–H groups in total. The van der Waals surface area contributed by atoms with E-state index < -0.39 is 6.04 Å². The standard InChI is InChI=1S/C20H23BrN2O2/c1-14-4-6-16(7-5-14)12-19(24)23(15(2)20(25)22-3)13-17-8-10-18(21)11-9-17/h4-11,15H,12-13H2,1-3H3,(H,22,25). The summed E-state index contributed by atoms with van der Waals surface area (Å²) < 4.78 is 0.980. The van der Waals surface area contributed by atoms with Crippen LogP contribution in [0.15, 0.2) is 53.0 Å². The molecule has 0 fully saturated rings. The fourth-order valence-electron chi connectivity index (χ4n) is 2.56. The molecule has 0 aromatic heterocycles. The lowest BCUT2D eigenvalue weighted by Crippen LogP contribution is -2.47. The molecule has 0 spiro atoms. The molecule has 0 aliphatic rings. The van der Waals surface area contributed by atoms with Gasteiger partial charge in [0.05, 0.1) is 6.42 Å². The number of likely N-dealkylation sites (N-methyl/N-ethyl adjacent to an activating group) is 1. The summed E-state index contributed by atoms with van der Waals surface area (Å²) in [6.45, 7) is 4.16. The molecule has 25 heavy (non-hydrogen) atoms. The van der Waals surface area contributed by atoms with Crippen LogP contribution in [0.1, 0.15) is 23.6 Å². The van der Waals surface area contributed by atoms with Gasteiger partial charge in [0.1, 0.15) is 6.04 Å². The van der Waals surface area contributed by atoms with Crippen molar-refractivity contribution in [1.82, 2.24) is 10.2 Å². The quantitative estimate of drug-likeness (QED) is 0.803. The van der Waals surface area contributed by atoms with Crippen molar-refractivity contribution in [3.05, 3.63) is 69.7 Å². The normalized spacial score (nSPS) is 11.7. The molecule has 0 radical (unpaired) electrons. The average Bonchev–Trinajstić information content (AvgIpc) is 2.61. The number of nitrogens with zero attached hydrogens (tertiary/aromatic N) is 1. The van der Waals surface area contributed by atoms with Crippen molar-refractivity contribution in [2.24, 2.45) is 0 Å². The number of nitrogens with one attached hydrogen (secondary N) is 1. The van der Waals surface area contributed by atoms with Crippen molar-refractivity contribution in [2.75, 3.05) is 7.05 Å². The van der Waals surface area contributed by atoms with E-state index in [0.29, 0.717) is 6.54 Å². The van der Waals surface area contributed by atoms with Crippen molar-refractivity contribution in [3.8, 4) is 0 Å². The fraction of sp³-hybridized carbons (Fsp3) is 0.300. The highest BCUT2D eigenvalue weighted by Gasteiger charge is 2.25. The lowest BCUT2D eigenvalue weighted by atomic mass is 10.1. The first kappa shape index (κ1) is 19.2. The van der Waals surface area contributed by atoms with E-state index in [1.807, 2.05) is 55.5 Å². The molecule has 0 heterocycles. The minimum Gasteiger partial charge on any atom is -0.357 e. The summed E-state index contributed by atoms with van der Waals surface area (Å²) in [6.07, 6.45) is 0.276. The van der Waals surface area contributed by atoms with E-state index in [1.54, 1.807) is 18.9 Å². The molecule has 5 heteroatoms. The van der Waals surface area contributed by atoms with Gasteiger partial charge in [-0.05, 0) is 37.1 Å². The van der Waals surface area contributed by atoms with Crippen molar-refractivity contribution < 1.29 is 9.59 Å². The predicted molar refractivity (Wildman–Crippen MR) is 103 cm³/mol. The Balaban J connectivity index is 2.20. The van der Waals surface area contributed by atoms with Crippen LogP contribution in [0.25, 0.3) is 0 Å². The van der Waals surface area contributed by atoms with Crippen LogP contribution >= 0.6 is 15.9 Å². The Bertz CT molecular complexity index is 726. The number of aryl methyl sites for hydroxylation is 1. The summed E-state index contributed by atoms with van der Waals surface area (Å²) in [4.78, 5) is 26.6. The van der Waals surface area contributed by atoms with Crippen LogP contribution in [0.4, 0.5) is 0 Å². The maximum absolute atomic E-state index is 12.9.